The lowest BCUT2D eigenvalue weighted by atomic mass is 9.76. The summed E-state index contributed by atoms with van der Waals surface area (Å²) in [6.07, 6.45) is 8.06. The summed E-state index contributed by atoms with van der Waals surface area (Å²) < 4.78 is 3.51. The van der Waals surface area contributed by atoms with Crippen molar-refractivity contribution in [3.8, 4) is 18.2 Å². The normalized spacial score (nSPS) is 13.9. The Hall–Kier alpha value is -4.81. The molecule has 0 bridgehead atoms. The van der Waals surface area contributed by atoms with Crippen LogP contribution in [0.4, 0.5) is 0 Å². The van der Waals surface area contributed by atoms with Gasteiger partial charge in [-0.2, -0.15) is 26.0 Å². The van der Waals surface area contributed by atoms with E-state index in [1.54, 1.807) is 22.0 Å². The standard InChI is InChI=1S/C30H31N9/c1-22(13-31)4-24-6-26(9-27(7-24)15-38-20-34-18-36-38)12-30(3,17-33)29-10-25(5-23(2)14-32)8-28(11-29)16-39-21-35-19-37-39/h6-11,18-23H,4-5,12,15-16H2,1-3H3/t22-,23+,30-/m0/s1. The van der Waals surface area contributed by atoms with Crippen molar-refractivity contribution in [2.75, 3.05) is 0 Å². The van der Waals surface area contributed by atoms with Crippen LogP contribution in [-0.2, 0) is 37.8 Å². The van der Waals surface area contributed by atoms with Crippen molar-refractivity contribution in [3.63, 3.8) is 0 Å². The van der Waals surface area contributed by atoms with E-state index < -0.39 is 5.41 Å². The molecule has 0 radical (unpaired) electrons. The molecule has 0 amide bonds. The van der Waals surface area contributed by atoms with E-state index in [1.807, 2.05) is 20.8 Å². The fraction of sp³-hybridized carbons (Fsp3) is 0.367. The smallest absolute Gasteiger partial charge is 0.137 e. The molecule has 4 rings (SSSR count). The molecule has 9 heteroatoms. The minimum atomic E-state index is -0.826. The predicted octanol–water partition coefficient (Wildman–Crippen LogP) is 4.39. The quantitative estimate of drug-likeness (QED) is 0.288. The maximum Gasteiger partial charge on any atom is 0.137 e. The number of hydrogen-bond donors (Lipinski definition) is 0. The molecule has 0 aliphatic carbocycles. The van der Waals surface area contributed by atoms with Gasteiger partial charge in [-0.15, -0.1) is 0 Å². The minimum Gasteiger partial charge on any atom is -0.249 e. The number of rotatable bonds is 11. The highest BCUT2D eigenvalue weighted by atomic mass is 15.3. The van der Waals surface area contributed by atoms with Crippen LogP contribution < -0.4 is 0 Å². The van der Waals surface area contributed by atoms with Crippen molar-refractivity contribution in [3.05, 3.63) is 95.1 Å². The van der Waals surface area contributed by atoms with Crippen LogP contribution in [0.5, 0.6) is 0 Å². The Kier molecular flexibility index (Phi) is 8.49. The second-order valence-corrected chi connectivity index (χ2v) is 10.5. The molecule has 0 saturated heterocycles. The molecule has 39 heavy (non-hydrogen) atoms. The molecule has 2 aromatic carbocycles. The molecule has 4 aromatic rings. The van der Waals surface area contributed by atoms with Crippen LogP contribution in [0.1, 0.15) is 54.2 Å². The van der Waals surface area contributed by atoms with Crippen LogP contribution in [0.3, 0.4) is 0 Å². The molecule has 3 atom stereocenters. The first-order valence-corrected chi connectivity index (χ1v) is 12.9. The zero-order valence-electron chi connectivity index (χ0n) is 22.5. The minimum absolute atomic E-state index is 0.125. The maximum absolute atomic E-state index is 10.5. The summed E-state index contributed by atoms with van der Waals surface area (Å²) in [6.45, 7) is 6.84. The second kappa shape index (κ2) is 12.2. The lowest BCUT2D eigenvalue weighted by Gasteiger charge is -2.25. The van der Waals surface area contributed by atoms with Gasteiger partial charge in [-0.3, -0.25) is 0 Å². The second-order valence-electron chi connectivity index (χ2n) is 10.5. The van der Waals surface area contributed by atoms with Crippen molar-refractivity contribution in [1.82, 2.24) is 29.5 Å². The van der Waals surface area contributed by atoms with E-state index in [0.717, 1.165) is 33.4 Å². The molecule has 9 nitrogen and oxygen atoms in total. The van der Waals surface area contributed by atoms with E-state index >= 15 is 0 Å². The van der Waals surface area contributed by atoms with Gasteiger partial charge in [0.15, 0.2) is 0 Å². The number of nitriles is 3. The molecule has 2 heterocycles. The van der Waals surface area contributed by atoms with E-state index in [0.29, 0.717) is 32.4 Å². The van der Waals surface area contributed by atoms with Gasteiger partial charge in [-0.05, 0) is 73.4 Å². The van der Waals surface area contributed by atoms with Crippen molar-refractivity contribution in [2.24, 2.45) is 11.8 Å². The highest BCUT2D eigenvalue weighted by Crippen LogP contribution is 2.31. The Balaban J connectivity index is 1.72. The summed E-state index contributed by atoms with van der Waals surface area (Å²) in [6, 6.07) is 19.7. The highest BCUT2D eigenvalue weighted by molar-refractivity contribution is 5.42. The van der Waals surface area contributed by atoms with Gasteiger partial charge in [0.1, 0.15) is 25.3 Å². The summed E-state index contributed by atoms with van der Waals surface area (Å²) in [5.74, 6) is -0.272. The summed E-state index contributed by atoms with van der Waals surface area (Å²) in [4.78, 5) is 8.08. The third-order valence-electron chi connectivity index (χ3n) is 6.75. The molecule has 0 aliphatic rings. The highest BCUT2D eigenvalue weighted by Gasteiger charge is 2.28. The fourth-order valence-corrected chi connectivity index (χ4v) is 4.86. The first-order valence-electron chi connectivity index (χ1n) is 12.9. The zero-order valence-corrected chi connectivity index (χ0v) is 22.5. The van der Waals surface area contributed by atoms with Gasteiger partial charge >= 0.3 is 0 Å². The van der Waals surface area contributed by atoms with Crippen LogP contribution in [0, 0.1) is 45.8 Å². The van der Waals surface area contributed by atoms with E-state index in [1.165, 1.54) is 12.7 Å². The molecule has 196 valence electrons. The van der Waals surface area contributed by atoms with Gasteiger partial charge in [-0.25, -0.2) is 19.3 Å². The zero-order chi connectivity index (χ0) is 27.8. The first-order chi connectivity index (χ1) is 18.8. The van der Waals surface area contributed by atoms with Crippen molar-refractivity contribution in [1.29, 1.82) is 15.8 Å². The lowest BCUT2D eigenvalue weighted by molar-refractivity contribution is 0.598. The molecule has 0 unspecified atom stereocenters. The summed E-state index contributed by atoms with van der Waals surface area (Å²) in [5.41, 5.74) is 5.21. The Bertz CT molecular complexity index is 1520. The molecule has 2 aromatic heterocycles. The topological polar surface area (TPSA) is 133 Å². The Morgan fingerprint density at radius 3 is 1.67 bits per heavy atom. The third-order valence-corrected chi connectivity index (χ3v) is 6.75. The van der Waals surface area contributed by atoms with Crippen LogP contribution in [0.15, 0.2) is 61.7 Å². The number of benzene rings is 2. The molecule has 0 fully saturated rings. The van der Waals surface area contributed by atoms with E-state index in [2.05, 4.69) is 74.8 Å². The van der Waals surface area contributed by atoms with Crippen molar-refractivity contribution < 1.29 is 0 Å². The van der Waals surface area contributed by atoms with Crippen LogP contribution in [-0.4, -0.2) is 29.5 Å². The molecule has 0 N–H and O–H groups in total. The van der Waals surface area contributed by atoms with Gasteiger partial charge in [0.2, 0.25) is 0 Å². The first kappa shape index (κ1) is 27.2. The fourth-order valence-electron chi connectivity index (χ4n) is 4.86. The monoisotopic (exact) mass is 517 g/mol. The summed E-state index contributed by atoms with van der Waals surface area (Å²) in [5, 5.41) is 37.8. The molecular weight excluding hydrogens is 486 g/mol. The van der Waals surface area contributed by atoms with Gasteiger partial charge in [0, 0.05) is 11.8 Å². The summed E-state index contributed by atoms with van der Waals surface area (Å²) >= 11 is 0. The van der Waals surface area contributed by atoms with Crippen LogP contribution in [0.2, 0.25) is 0 Å². The van der Waals surface area contributed by atoms with Gasteiger partial charge < -0.3 is 0 Å². The van der Waals surface area contributed by atoms with E-state index in [9.17, 15) is 15.8 Å². The number of nitrogens with zero attached hydrogens (tertiary/aromatic N) is 9. The van der Waals surface area contributed by atoms with E-state index in [-0.39, 0.29) is 11.8 Å². The Morgan fingerprint density at radius 1 is 0.718 bits per heavy atom. The number of aromatic nitrogens is 6. The van der Waals surface area contributed by atoms with Crippen molar-refractivity contribution in [2.45, 2.75) is 58.5 Å². The average molecular weight is 518 g/mol. The molecule has 0 aliphatic heterocycles. The third kappa shape index (κ3) is 7.15. The Morgan fingerprint density at radius 2 is 1.18 bits per heavy atom. The Labute approximate surface area is 229 Å². The SMILES string of the molecule is C[C@H](C#N)Cc1cc(Cn2cncn2)cc(C[C@@](C)(C#N)c2cc(C[C@@H](C)C#N)cc(Cn3cncn3)c2)c1. The van der Waals surface area contributed by atoms with E-state index in [4.69, 9.17) is 0 Å². The molecule has 0 saturated carbocycles. The molecule has 0 spiro atoms. The van der Waals surface area contributed by atoms with Gasteiger partial charge in [0.05, 0.1) is 36.7 Å². The summed E-state index contributed by atoms with van der Waals surface area (Å²) in [7, 11) is 0. The maximum atomic E-state index is 10.5. The largest absolute Gasteiger partial charge is 0.249 e. The van der Waals surface area contributed by atoms with Gasteiger partial charge in [0.25, 0.3) is 0 Å². The lowest BCUT2D eigenvalue weighted by Crippen LogP contribution is -2.24. The van der Waals surface area contributed by atoms with Crippen LogP contribution >= 0.6 is 0 Å². The average Bonchev–Trinajstić information content (AvgIpc) is 3.62. The number of hydrogen-bond acceptors (Lipinski definition) is 7. The van der Waals surface area contributed by atoms with Crippen LogP contribution in [0.25, 0.3) is 0 Å². The predicted molar refractivity (Wildman–Crippen MR) is 145 cm³/mol. The van der Waals surface area contributed by atoms with Crippen molar-refractivity contribution >= 4 is 0 Å². The van der Waals surface area contributed by atoms with Gasteiger partial charge in [-0.1, -0.05) is 36.4 Å². The molecular formula is C30H31N9.